The topological polar surface area (TPSA) is 72.9 Å². The fourth-order valence-corrected chi connectivity index (χ4v) is 10.0. The van der Waals surface area contributed by atoms with E-state index in [0.717, 1.165) is 102 Å². The Balaban J connectivity index is 0.000000201. The van der Waals surface area contributed by atoms with Crippen LogP contribution in [0, 0.1) is 45.9 Å². The number of fused-ring (bicyclic) bond motifs is 4. The van der Waals surface area contributed by atoms with Crippen molar-refractivity contribution in [3.05, 3.63) is 176 Å². The predicted octanol–water partition coefficient (Wildman–Crippen LogP) is 13.1. The van der Waals surface area contributed by atoms with E-state index < -0.39 is 6.10 Å². The van der Waals surface area contributed by atoms with Gasteiger partial charge in [0.2, 0.25) is 0 Å². The number of nitrogens with zero attached hydrogens (tertiary/aromatic N) is 4. The smallest absolute Gasteiger partial charge is 0.123 e. The Bertz CT molecular complexity index is 2550. The summed E-state index contributed by atoms with van der Waals surface area (Å²) in [4.78, 5) is 11.5. The summed E-state index contributed by atoms with van der Waals surface area (Å²) in [6, 6.07) is 25.1. The molecule has 0 spiro atoms. The van der Waals surface area contributed by atoms with Gasteiger partial charge in [0.25, 0.3) is 0 Å². The van der Waals surface area contributed by atoms with Gasteiger partial charge in [-0.1, -0.05) is 67.9 Å². The first kappa shape index (κ1) is 49.7. The molecule has 4 aliphatic rings. The molecule has 2 fully saturated rings. The van der Waals surface area contributed by atoms with Gasteiger partial charge < -0.3 is 9.90 Å². The number of hydrogen-bond donors (Lipinski definition) is 1. The zero-order valence-corrected chi connectivity index (χ0v) is 36.2. The van der Waals surface area contributed by atoms with Gasteiger partial charge in [-0.3, -0.25) is 0 Å². The average Bonchev–Trinajstić information content (AvgIpc) is 3.86. The molecular weight excluding hydrogens is 879 g/mol. The van der Waals surface area contributed by atoms with Crippen LogP contribution in [0.2, 0.25) is 0 Å². The predicted molar refractivity (Wildman–Crippen MR) is 252 cm³/mol. The highest BCUT2D eigenvalue weighted by molar-refractivity contribution is 9.10. The van der Waals surface area contributed by atoms with Gasteiger partial charge in [0, 0.05) is 24.2 Å². The Morgan fingerprint density at radius 1 is 0.656 bits per heavy atom. The molecule has 2 aromatic heterocycles. The lowest BCUT2D eigenvalue weighted by atomic mass is 9.57. The third-order valence-electron chi connectivity index (χ3n) is 13.2. The minimum atomic E-state index is -0.645. The molecule has 1 N–H and O–H groups in total. The first-order chi connectivity index (χ1) is 29.4. The van der Waals surface area contributed by atoms with Crippen molar-refractivity contribution in [2.45, 2.75) is 86.2 Å². The van der Waals surface area contributed by atoms with E-state index in [0.29, 0.717) is 0 Å². The molecular formula is C52H55BBrF4N4O2. The van der Waals surface area contributed by atoms with E-state index in [2.05, 4.69) is 52.1 Å². The molecule has 6 aromatic rings. The van der Waals surface area contributed by atoms with Crippen LogP contribution in [0.3, 0.4) is 0 Å². The van der Waals surface area contributed by atoms with Gasteiger partial charge in [-0.05, 0) is 176 Å². The fourth-order valence-electron chi connectivity index (χ4n) is 9.78. The van der Waals surface area contributed by atoms with Crippen molar-refractivity contribution in [1.29, 1.82) is 0 Å². The third-order valence-corrected chi connectivity index (χ3v) is 13.8. The van der Waals surface area contributed by atoms with Crippen LogP contribution >= 0.6 is 15.9 Å². The Morgan fingerprint density at radius 2 is 1.06 bits per heavy atom. The largest absolute Gasteiger partial charge is 0.388 e. The van der Waals surface area contributed by atoms with Gasteiger partial charge in [0.1, 0.15) is 29.6 Å². The summed E-state index contributed by atoms with van der Waals surface area (Å²) in [6.07, 6.45) is 16.3. The molecule has 3 radical (unpaired) electrons. The van der Waals surface area contributed by atoms with E-state index in [1.165, 1.54) is 59.7 Å². The van der Waals surface area contributed by atoms with Crippen LogP contribution in [0.25, 0.3) is 23.5 Å². The summed E-state index contributed by atoms with van der Waals surface area (Å²) >= 11 is 3.18. The van der Waals surface area contributed by atoms with Crippen LogP contribution < -0.4 is 0 Å². The highest BCUT2D eigenvalue weighted by atomic mass is 79.9. The summed E-state index contributed by atoms with van der Waals surface area (Å²) in [6.45, 7) is 4.43. The third kappa shape index (κ3) is 9.98. The summed E-state index contributed by atoms with van der Waals surface area (Å²) < 4.78 is 56.5. The molecule has 0 aliphatic heterocycles. The van der Waals surface area contributed by atoms with Gasteiger partial charge in [0.15, 0.2) is 0 Å². The quantitative estimate of drug-likeness (QED) is 0.106. The number of rotatable bonds is 5. The monoisotopic (exact) mass is 933 g/mol. The van der Waals surface area contributed by atoms with E-state index in [-0.39, 0.29) is 69.2 Å². The second-order valence-electron chi connectivity index (χ2n) is 17.0. The second-order valence-corrected chi connectivity index (χ2v) is 17.9. The summed E-state index contributed by atoms with van der Waals surface area (Å²) in [5.74, 6) is -0.877. The van der Waals surface area contributed by atoms with Crippen molar-refractivity contribution in [3.8, 4) is 11.4 Å². The Labute approximate surface area is 384 Å². The second kappa shape index (κ2) is 20.7. The molecule has 4 aromatic carbocycles. The fraction of sp³-hybridized carbons (Fsp3) is 0.327. The summed E-state index contributed by atoms with van der Waals surface area (Å²) in [5, 5.41) is 20.3. The molecule has 12 heteroatoms. The molecule has 10 rings (SSSR count). The maximum Gasteiger partial charge on any atom is 0.123 e. The number of carbonyl (C=O) groups excluding carboxylic acids is 1. The minimum Gasteiger partial charge on any atom is -0.388 e. The molecule has 4 aliphatic carbocycles. The number of carbonyl (C=O) groups is 1. The Hall–Kier alpha value is -5.33. The number of hydrogen-bond acceptors (Lipinski definition) is 4. The van der Waals surface area contributed by atoms with Crippen LogP contribution in [-0.4, -0.2) is 39.4 Å². The zero-order chi connectivity index (χ0) is 42.9. The lowest BCUT2D eigenvalue weighted by Gasteiger charge is -2.47. The zero-order valence-electron chi connectivity index (χ0n) is 34.6. The van der Waals surface area contributed by atoms with Crippen LogP contribution in [-0.2, 0) is 17.6 Å². The van der Waals surface area contributed by atoms with Gasteiger partial charge in [-0.2, -0.15) is 10.2 Å². The number of halogens is 5. The summed E-state index contributed by atoms with van der Waals surface area (Å²) in [7, 11) is 0. The van der Waals surface area contributed by atoms with E-state index >= 15 is 0 Å². The van der Waals surface area contributed by atoms with Crippen molar-refractivity contribution in [1.82, 2.24) is 19.6 Å². The molecule has 0 unspecified atom stereocenters. The molecule has 6 nitrogen and oxygen atoms in total. The number of aliphatic hydroxyl groups is 1. The molecule has 2 heterocycles. The average molecular weight is 935 g/mol. The van der Waals surface area contributed by atoms with Gasteiger partial charge >= 0.3 is 0 Å². The highest BCUT2D eigenvalue weighted by Gasteiger charge is 2.47. The number of benzene rings is 4. The number of aldehydes is 1. The van der Waals surface area contributed by atoms with Crippen LogP contribution in [0.5, 0.6) is 0 Å². The molecule has 333 valence electrons. The number of aliphatic hydroxyl groups excluding tert-OH is 1. The lowest BCUT2D eigenvalue weighted by Crippen LogP contribution is -2.40. The van der Waals surface area contributed by atoms with Crippen molar-refractivity contribution in [2.24, 2.45) is 22.7 Å². The number of aromatic nitrogens is 4. The number of allylic oxidation sites excluding steroid dienone is 2. The lowest BCUT2D eigenvalue weighted by molar-refractivity contribution is -0.114. The molecule has 0 amide bonds. The van der Waals surface area contributed by atoms with Crippen LogP contribution in [0.1, 0.15) is 101 Å². The van der Waals surface area contributed by atoms with Gasteiger partial charge in [-0.15, -0.1) is 0 Å². The van der Waals surface area contributed by atoms with Crippen molar-refractivity contribution < 1.29 is 27.5 Å². The summed E-state index contributed by atoms with van der Waals surface area (Å²) in [5.41, 5.74) is 9.23. The van der Waals surface area contributed by atoms with E-state index in [4.69, 9.17) is 0 Å². The first-order valence-corrected chi connectivity index (χ1v) is 21.5. The normalized spacial score (nSPS) is 21.8. The van der Waals surface area contributed by atoms with Crippen LogP contribution in [0.15, 0.2) is 125 Å². The van der Waals surface area contributed by atoms with E-state index in [1.807, 2.05) is 21.8 Å². The standard InChI is InChI=1S/C25H24F2N2O.C19H19FN2O.C6H4BrF.2CH4.B/c1-25-14-17-15-28-29(21-11-9-20(27)10-12-21)23(17)13-18(25)3-2-4-22(25)24(30)16-5-7-19(26)8-6-16;1-19-10-13-11-21-22(17-7-5-16(20)6-8-17)18(13)9-14(19)3-2-4-15(19)12-23;7-5-1-3-6(8)4-2-5;;;/h5-13,15,22,24,30H,2-4,14H2,1H3;5-9,11-12,15H,2-4,10H2,1H3;1-4H;2*1H4;/t22-,24+,25+;15-,19+;;;;/m11..../s1. The Kier molecular flexibility index (Phi) is 16.0. The van der Waals surface area contributed by atoms with Crippen LogP contribution in [0.4, 0.5) is 17.6 Å². The first-order valence-electron chi connectivity index (χ1n) is 20.7. The van der Waals surface area contributed by atoms with Crippen molar-refractivity contribution >= 4 is 42.8 Å². The Morgan fingerprint density at radius 3 is 1.52 bits per heavy atom. The molecule has 0 saturated heterocycles. The van der Waals surface area contributed by atoms with Crippen molar-refractivity contribution in [3.63, 3.8) is 0 Å². The van der Waals surface area contributed by atoms with E-state index in [1.54, 1.807) is 48.5 Å². The van der Waals surface area contributed by atoms with Crippen molar-refractivity contribution in [2.75, 3.05) is 0 Å². The minimum absolute atomic E-state index is 0. The SMILES string of the molecule is C.C.C[C@]12Cc3cnn(-c4ccc(F)cc4)c3C=C1CCC[C@@H]2C=O.C[C@]12Cc3cnn(-c4ccc(F)cc4)c3C=C1CCC[C@@H]2[C@@H](O)c1ccc(F)cc1.Fc1ccc(Br)cc1.[B]. The molecule has 2 saturated carbocycles. The molecule has 5 atom stereocenters. The molecule has 0 bridgehead atoms. The molecule has 64 heavy (non-hydrogen) atoms. The van der Waals surface area contributed by atoms with Gasteiger partial charge in [0.05, 0.1) is 41.3 Å². The van der Waals surface area contributed by atoms with E-state index in [9.17, 15) is 27.5 Å². The van der Waals surface area contributed by atoms with Gasteiger partial charge in [-0.25, -0.2) is 26.9 Å². The maximum atomic E-state index is 13.3. The highest BCUT2D eigenvalue weighted by Crippen LogP contribution is 2.55. The maximum absolute atomic E-state index is 13.3.